The number of aryl methyl sites for hydroxylation is 1. The molecule has 1 amide bonds. The molecule has 116 valence electrons. The first kappa shape index (κ1) is 14.6. The minimum atomic E-state index is 0.236. The molecule has 0 radical (unpaired) electrons. The van der Waals surface area contributed by atoms with E-state index in [1.54, 1.807) is 6.92 Å². The Kier molecular flexibility index (Phi) is 4.29. The summed E-state index contributed by atoms with van der Waals surface area (Å²) in [6.45, 7) is 7.81. The van der Waals surface area contributed by atoms with Gasteiger partial charge in [0.1, 0.15) is 5.82 Å². The van der Waals surface area contributed by atoms with Gasteiger partial charge in [0.25, 0.3) is 0 Å². The summed E-state index contributed by atoms with van der Waals surface area (Å²) in [7, 11) is 0. The number of carbonyl (C=O) groups is 1. The molecule has 2 aliphatic rings. The zero-order valence-electron chi connectivity index (χ0n) is 13.2. The number of nitrogens with zero attached hydrogens (tertiary/aromatic N) is 4. The average molecular weight is 290 g/mol. The van der Waals surface area contributed by atoms with Crippen molar-refractivity contribution in [1.82, 2.24) is 19.4 Å². The van der Waals surface area contributed by atoms with E-state index in [0.29, 0.717) is 12.1 Å². The van der Waals surface area contributed by atoms with Crippen LogP contribution in [0.4, 0.5) is 0 Å². The first-order valence-corrected chi connectivity index (χ1v) is 8.22. The van der Waals surface area contributed by atoms with Crippen LogP contribution >= 0.6 is 0 Å². The minimum Gasteiger partial charge on any atom is -0.338 e. The van der Waals surface area contributed by atoms with Gasteiger partial charge in [0.05, 0.1) is 6.54 Å². The number of likely N-dealkylation sites (tertiary alicyclic amines) is 2. The third-order valence-corrected chi connectivity index (χ3v) is 5.05. The number of imidazole rings is 1. The number of carbonyl (C=O) groups excluding carboxylic acids is 1. The van der Waals surface area contributed by atoms with E-state index in [-0.39, 0.29) is 5.91 Å². The molecule has 0 unspecified atom stereocenters. The maximum atomic E-state index is 11.8. The molecular weight excluding hydrogens is 264 g/mol. The van der Waals surface area contributed by atoms with Gasteiger partial charge in [0, 0.05) is 44.5 Å². The molecule has 1 aromatic heterocycles. The molecule has 3 rings (SSSR count). The van der Waals surface area contributed by atoms with Crippen LogP contribution in [-0.2, 0) is 17.9 Å². The Labute approximate surface area is 126 Å². The van der Waals surface area contributed by atoms with Crippen LogP contribution in [0, 0.1) is 0 Å². The number of rotatable bonds is 4. The second-order valence-electron chi connectivity index (χ2n) is 6.23. The minimum absolute atomic E-state index is 0.236. The van der Waals surface area contributed by atoms with E-state index < -0.39 is 0 Å². The molecule has 5 nitrogen and oxygen atoms in total. The fourth-order valence-electron chi connectivity index (χ4n) is 4.03. The lowest BCUT2D eigenvalue weighted by Crippen LogP contribution is -2.47. The summed E-state index contributed by atoms with van der Waals surface area (Å²) in [5.41, 5.74) is 0. The van der Waals surface area contributed by atoms with Crippen molar-refractivity contribution >= 4 is 5.91 Å². The number of hydrogen-bond acceptors (Lipinski definition) is 3. The van der Waals surface area contributed by atoms with E-state index in [9.17, 15) is 4.79 Å². The highest BCUT2D eigenvalue weighted by Crippen LogP contribution is 2.30. The van der Waals surface area contributed by atoms with Crippen LogP contribution in [0.3, 0.4) is 0 Å². The fraction of sp³-hybridized carbons (Fsp3) is 0.750. The smallest absolute Gasteiger partial charge is 0.219 e. The molecule has 21 heavy (non-hydrogen) atoms. The highest BCUT2D eigenvalue weighted by atomic mass is 16.2. The average Bonchev–Trinajstić information content (AvgIpc) is 3.18. The predicted octanol–water partition coefficient (Wildman–Crippen LogP) is 1.88. The normalized spacial score (nSPS) is 26.7. The van der Waals surface area contributed by atoms with Crippen LogP contribution in [0.2, 0.25) is 0 Å². The molecule has 0 N–H and O–H groups in total. The summed E-state index contributed by atoms with van der Waals surface area (Å²) in [5, 5.41) is 0. The van der Waals surface area contributed by atoms with E-state index in [4.69, 9.17) is 0 Å². The summed E-state index contributed by atoms with van der Waals surface area (Å²) < 4.78 is 2.22. The summed E-state index contributed by atoms with van der Waals surface area (Å²) in [5.74, 6) is 1.39. The summed E-state index contributed by atoms with van der Waals surface area (Å²) in [6, 6.07) is 0.924. The summed E-state index contributed by atoms with van der Waals surface area (Å²) in [4.78, 5) is 21.0. The van der Waals surface area contributed by atoms with Crippen molar-refractivity contribution in [1.29, 1.82) is 0 Å². The first-order valence-electron chi connectivity index (χ1n) is 8.22. The van der Waals surface area contributed by atoms with E-state index in [0.717, 1.165) is 44.8 Å². The molecule has 5 heteroatoms. The zero-order chi connectivity index (χ0) is 14.8. The highest BCUT2D eigenvalue weighted by Gasteiger charge is 2.38. The summed E-state index contributed by atoms with van der Waals surface area (Å²) >= 11 is 0. The predicted molar refractivity (Wildman–Crippen MR) is 81.7 cm³/mol. The quantitative estimate of drug-likeness (QED) is 0.850. The molecule has 3 heterocycles. The third kappa shape index (κ3) is 2.84. The Morgan fingerprint density at radius 1 is 1.29 bits per heavy atom. The molecule has 2 aliphatic heterocycles. The monoisotopic (exact) mass is 290 g/mol. The molecule has 0 bridgehead atoms. The fourth-order valence-corrected chi connectivity index (χ4v) is 4.03. The Hall–Kier alpha value is -1.36. The molecule has 0 saturated carbocycles. The lowest BCUT2D eigenvalue weighted by molar-refractivity contribution is -0.130. The Morgan fingerprint density at radius 2 is 2.05 bits per heavy atom. The summed E-state index contributed by atoms with van der Waals surface area (Å²) in [6.07, 6.45) is 8.70. The molecule has 2 fully saturated rings. The Bertz CT molecular complexity index is 498. The van der Waals surface area contributed by atoms with Crippen molar-refractivity contribution in [2.24, 2.45) is 0 Å². The maximum Gasteiger partial charge on any atom is 0.219 e. The maximum absolute atomic E-state index is 11.8. The van der Waals surface area contributed by atoms with Crippen LogP contribution < -0.4 is 0 Å². The van der Waals surface area contributed by atoms with Crippen molar-refractivity contribution in [3.05, 3.63) is 18.2 Å². The van der Waals surface area contributed by atoms with Gasteiger partial charge in [-0.15, -0.1) is 0 Å². The second kappa shape index (κ2) is 6.18. The lowest BCUT2D eigenvalue weighted by atomic mass is 10.0. The van der Waals surface area contributed by atoms with Gasteiger partial charge in [-0.3, -0.25) is 9.69 Å². The third-order valence-electron chi connectivity index (χ3n) is 5.05. The van der Waals surface area contributed by atoms with Gasteiger partial charge in [-0.1, -0.05) is 0 Å². The molecular formula is C16H26N4O. The van der Waals surface area contributed by atoms with Crippen LogP contribution in [-0.4, -0.2) is 50.4 Å². The Balaban J connectivity index is 1.72. The second-order valence-corrected chi connectivity index (χ2v) is 6.23. The largest absolute Gasteiger partial charge is 0.338 e. The topological polar surface area (TPSA) is 41.4 Å². The van der Waals surface area contributed by atoms with Crippen molar-refractivity contribution in [3.63, 3.8) is 0 Å². The van der Waals surface area contributed by atoms with Crippen molar-refractivity contribution in [2.75, 3.05) is 13.1 Å². The Morgan fingerprint density at radius 3 is 2.81 bits per heavy atom. The van der Waals surface area contributed by atoms with Gasteiger partial charge >= 0.3 is 0 Å². The van der Waals surface area contributed by atoms with Gasteiger partial charge in [-0.25, -0.2) is 4.98 Å². The van der Waals surface area contributed by atoms with Crippen molar-refractivity contribution in [2.45, 2.75) is 64.7 Å². The first-order chi connectivity index (χ1) is 10.2. The van der Waals surface area contributed by atoms with Crippen LogP contribution in [0.5, 0.6) is 0 Å². The SMILES string of the molecule is CCn1ccnc1CN1CCC[C@@H]1[C@@H]1CCCN1C(C)=O. The van der Waals surface area contributed by atoms with Gasteiger partial charge in [-0.2, -0.15) is 0 Å². The number of hydrogen-bond donors (Lipinski definition) is 0. The van der Waals surface area contributed by atoms with E-state index >= 15 is 0 Å². The van der Waals surface area contributed by atoms with Crippen LogP contribution in [0.25, 0.3) is 0 Å². The molecule has 2 atom stereocenters. The zero-order valence-corrected chi connectivity index (χ0v) is 13.2. The van der Waals surface area contributed by atoms with Gasteiger partial charge in [0.15, 0.2) is 0 Å². The molecule has 0 aliphatic carbocycles. The van der Waals surface area contributed by atoms with Crippen molar-refractivity contribution in [3.8, 4) is 0 Å². The lowest BCUT2D eigenvalue weighted by Gasteiger charge is -2.34. The number of amides is 1. The molecule has 1 aromatic rings. The standard InChI is InChI=1S/C16H26N4O/c1-3-18-11-8-17-16(18)12-19-9-4-6-14(19)15-7-5-10-20(15)13(2)21/h8,11,14-15H,3-7,9-10,12H2,1-2H3/t14-,15+/m1/s1. The van der Waals surface area contributed by atoms with E-state index in [1.165, 1.54) is 12.8 Å². The molecule has 0 spiro atoms. The molecule has 0 aromatic carbocycles. The van der Waals surface area contributed by atoms with Gasteiger partial charge < -0.3 is 9.47 Å². The van der Waals surface area contributed by atoms with E-state index in [2.05, 4.69) is 32.5 Å². The van der Waals surface area contributed by atoms with Crippen LogP contribution in [0.1, 0.15) is 45.4 Å². The van der Waals surface area contributed by atoms with Crippen molar-refractivity contribution < 1.29 is 4.79 Å². The van der Waals surface area contributed by atoms with Gasteiger partial charge in [-0.05, 0) is 39.2 Å². The van der Waals surface area contributed by atoms with E-state index in [1.807, 2.05) is 6.20 Å². The molecule has 2 saturated heterocycles. The number of aromatic nitrogens is 2. The van der Waals surface area contributed by atoms with Gasteiger partial charge in [0.2, 0.25) is 5.91 Å². The highest BCUT2D eigenvalue weighted by molar-refractivity contribution is 5.74. The van der Waals surface area contributed by atoms with Crippen LogP contribution in [0.15, 0.2) is 12.4 Å².